The van der Waals surface area contributed by atoms with E-state index in [2.05, 4.69) is 18.2 Å². The van der Waals surface area contributed by atoms with Crippen molar-refractivity contribution in [2.45, 2.75) is 51.7 Å². The largest absolute Gasteiger partial charge is 0.378 e. The molecule has 1 saturated carbocycles. The average molecular weight is 275 g/mol. The van der Waals surface area contributed by atoms with Gasteiger partial charge in [0.15, 0.2) is 6.10 Å². The molecule has 110 valence electrons. The lowest BCUT2D eigenvalue weighted by molar-refractivity contribution is -0.130. The summed E-state index contributed by atoms with van der Waals surface area (Å²) < 4.78 is 0. The minimum absolute atomic E-state index is 0.255. The van der Waals surface area contributed by atoms with Crippen molar-refractivity contribution in [3.8, 4) is 12.8 Å². The van der Waals surface area contributed by atoms with Gasteiger partial charge in [0.1, 0.15) is 0 Å². The molecule has 2 N–H and O–H groups in total. The third-order valence-electron chi connectivity index (χ3n) is 3.07. The Kier molecular flexibility index (Phi) is 10.1. The highest BCUT2D eigenvalue weighted by Gasteiger charge is 2.22. The molecule has 0 aliphatic heterocycles. The molecule has 1 atom stereocenters. The summed E-state index contributed by atoms with van der Waals surface area (Å²) >= 11 is 0. The molecule has 1 amide bonds. The van der Waals surface area contributed by atoms with E-state index in [0.717, 1.165) is 12.8 Å². The summed E-state index contributed by atoms with van der Waals surface area (Å²) in [4.78, 5) is 11.7. The average Bonchev–Trinajstić information content (AvgIpc) is 3.04. The number of nitrogens with one attached hydrogen (secondary N) is 1. The van der Waals surface area contributed by atoms with Crippen LogP contribution in [-0.4, -0.2) is 17.1 Å². The van der Waals surface area contributed by atoms with E-state index in [4.69, 9.17) is 0 Å². The van der Waals surface area contributed by atoms with Crippen LogP contribution >= 0.6 is 0 Å². The Balaban J connectivity index is 0.000000829. The molecule has 3 heteroatoms. The number of carbonyl (C=O) groups excluding carboxylic acids is 1. The minimum atomic E-state index is -1.04. The van der Waals surface area contributed by atoms with Crippen LogP contribution in [0.3, 0.4) is 0 Å². The summed E-state index contributed by atoms with van der Waals surface area (Å²) in [5, 5.41) is 12.7. The first-order valence-corrected chi connectivity index (χ1v) is 7.14. The normalized spacial score (nSPS) is 15.1. The molecule has 1 fully saturated rings. The Bertz CT molecular complexity index is 380. The smallest absolute Gasteiger partial charge is 0.253 e. The van der Waals surface area contributed by atoms with Crippen molar-refractivity contribution in [2.75, 3.05) is 0 Å². The van der Waals surface area contributed by atoms with Crippen LogP contribution in [0.2, 0.25) is 0 Å². The fourth-order valence-corrected chi connectivity index (χ4v) is 2.14. The lowest BCUT2D eigenvalue weighted by Crippen LogP contribution is -2.36. The Labute approximate surface area is 122 Å². The second kappa shape index (κ2) is 11.1. The van der Waals surface area contributed by atoms with Crippen LogP contribution in [0.1, 0.15) is 51.2 Å². The molecule has 2 rings (SSSR count). The molecular weight excluding hydrogens is 250 g/mol. The van der Waals surface area contributed by atoms with Crippen LogP contribution in [0.4, 0.5) is 0 Å². The maximum absolute atomic E-state index is 11.7. The summed E-state index contributed by atoms with van der Waals surface area (Å²) in [6, 6.07) is 9.29. The standard InChI is InChI=1S/C13H17NO2.C2H6.C2H2/c15-12(10-6-2-1-3-7-10)13(16)14-11-8-4-5-9-11;2*1-2/h1-3,6-7,11-12,15H,4-5,8-9H2,(H,14,16);1-2H3;1-2H/t12-;;/m1../s1. The van der Waals surface area contributed by atoms with Crippen molar-refractivity contribution in [3.05, 3.63) is 35.9 Å². The van der Waals surface area contributed by atoms with Gasteiger partial charge in [-0.2, -0.15) is 0 Å². The van der Waals surface area contributed by atoms with E-state index in [1.54, 1.807) is 12.1 Å². The molecule has 0 saturated heterocycles. The lowest BCUT2D eigenvalue weighted by Gasteiger charge is -2.15. The summed E-state index contributed by atoms with van der Waals surface area (Å²) in [6.45, 7) is 4.00. The molecule has 0 spiro atoms. The van der Waals surface area contributed by atoms with Gasteiger partial charge in [-0.3, -0.25) is 4.79 Å². The van der Waals surface area contributed by atoms with Crippen molar-refractivity contribution in [2.24, 2.45) is 0 Å². The predicted molar refractivity (Wildman–Crippen MR) is 83.0 cm³/mol. The monoisotopic (exact) mass is 275 g/mol. The number of benzene rings is 1. The number of hydrogen-bond donors (Lipinski definition) is 2. The molecular formula is C17H25NO2. The van der Waals surface area contributed by atoms with Crippen LogP contribution in [0.5, 0.6) is 0 Å². The van der Waals surface area contributed by atoms with Crippen molar-refractivity contribution >= 4 is 5.91 Å². The van der Waals surface area contributed by atoms with Gasteiger partial charge in [0.05, 0.1) is 0 Å². The summed E-state index contributed by atoms with van der Waals surface area (Å²) in [6.07, 6.45) is 11.4. The SMILES string of the molecule is C#C.CC.O=C(NC1CCCC1)[C@H](O)c1ccccc1. The number of rotatable bonds is 3. The van der Waals surface area contributed by atoms with Gasteiger partial charge in [-0.05, 0) is 18.4 Å². The number of aliphatic hydroxyl groups excluding tert-OH is 1. The van der Waals surface area contributed by atoms with Crippen LogP contribution in [0.25, 0.3) is 0 Å². The second-order valence-corrected chi connectivity index (χ2v) is 4.30. The lowest BCUT2D eigenvalue weighted by atomic mass is 10.1. The minimum Gasteiger partial charge on any atom is -0.378 e. The van der Waals surface area contributed by atoms with Gasteiger partial charge < -0.3 is 10.4 Å². The van der Waals surface area contributed by atoms with Gasteiger partial charge in [-0.1, -0.05) is 57.0 Å². The molecule has 0 radical (unpaired) electrons. The molecule has 0 unspecified atom stereocenters. The highest BCUT2D eigenvalue weighted by atomic mass is 16.3. The highest BCUT2D eigenvalue weighted by Crippen LogP contribution is 2.19. The van der Waals surface area contributed by atoms with Crippen LogP contribution in [-0.2, 0) is 4.79 Å². The van der Waals surface area contributed by atoms with E-state index in [0.29, 0.717) is 5.56 Å². The van der Waals surface area contributed by atoms with Gasteiger partial charge in [0.25, 0.3) is 5.91 Å². The first-order chi connectivity index (χ1) is 9.77. The Morgan fingerprint density at radius 2 is 1.70 bits per heavy atom. The summed E-state index contributed by atoms with van der Waals surface area (Å²) in [5.41, 5.74) is 0.651. The van der Waals surface area contributed by atoms with Gasteiger partial charge in [-0.25, -0.2) is 0 Å². The summed E-state index contributed by atoms with van der Waals surface area (Å²) in [5.74, 6) is -0.280. The molecule has 3 nitrogen and oxygen atoms in total. The van der Waals surface area contributed by atoms with Crippen LogP contribution in [0.15, 0.2) is 30.3 Å². The molecule has 0 aromatic heterocycles. The molecule has 0 heterocycles. The number of terminal acetylenes is 1. The molecule has 20 heavy (non-hydrogen) atoms. The first-order valence-electron chi connectivity index (χ1n) is 7.14. The fraction of sp³-hybridized carbons (Fsp3) is 0.471. The quantitative estimate of drug-likeness (QED) is 0.833. The predicted octanol–water partition coefficient (Wildman–Crippen LogP) is 3.05. The molecule has 1 aromatic rings. The zero-order valence-electron chi connectivity index (χ0n) is 12.4. The number of hydrogen-bond acceptors (Lipinski definition) is 2. The van der Waals surface area contributed by atoms with E-state index in [1.807, 2.05) is 32.0 Å². The Hall–Kier alpha value is -1.79. The highest BCUT2D eigenvalue weighted by molar-refractivity contribution is 5.82. The van der Waals surface area contributed by atoms with E-state index in [1.165, 1.54) is 12.8 Å². The third kappa shape index (κ3) is 5.90. The van der Waals surface area contributed by atoms with E-state index in [9.17, 15) is 9.90 Å². The van der Waals surface area contributed by atoms with E-state index in [-0.39, 0.29) is 11.9 Å². The molecule has 1 aliphatic rings. The zero-order chi connectivity index (χ0) is 15.4. The van der Waals surface area contributed by atoms with E-state index >= 15 is 0 Å². The summed E-state index contributed by atoms with van der Waals surface area (Å²) in [7, 11) is 0. The van der Waals surface area contributed by atoms with Crippen molar-refractivity contribution in [1.82, 2.24) is 5.32 Å². The third-order valence-corrected chi connectivity index (χ3v) is 3.07. The van der Waals surface area contributed by atoms with Gasteiger partial charge in [-0.15, -0.1) is 12.8 Å². The molecule has 0 bridgehead atoms. The molecule has 1 aliphatic carbocycles. The van der Waals surface area contributed by atoms with Crippen molar-refractivity contribution < 1.29 is 9.90 Å². The Morgan fingerprint density at radius 3 is 2.20 bits per heavy atom. The topological polar surface area (TPSA) is 49.3 Å². The van der Waals surface area contributed by atoms with Gasteiger partial charge in [0, 0.05) is 6.04 Å². The van der Waals surface area contributed by atoms with Crippen molar-refractivity contribution in [1.29, 1.82) is 0 Å². The van der Waals surface area contributed by atoms with Gasteiger partial charge in [0.2, 0.25) is 0 Å². The zero-order valence-corrected chi connectivity index (χ0v) is 12.4. The van der Waals surface area contributed by atoms with Crippen molar-refractivity contribution in [3.63, 3.8) is 0 Å². The number of amides is 1. The number of carbonyl (C=O) groups is 1. The maximum Gasteiger partial charge on any atom is 0.253 e. The second-order valence-electron chi connectivity index (χ2n) is 4.30. The Morgan fingerprint density at radius 1 is 1.20 bits per heavy atom. The van der Waals surface area contributed by atoms with Gasteiger partial charge >= 0.3 is 0 Å². The number of aliphatic hydroxyl groups is 1. The van der Waals surface area contributed by atoms with Crippen LogP contribution < -0.4 is 5.32 Å². The van der Waals surface area contributed by atoms with Crippen LogP contribution in [0, 0.1) is 12.8 Å². The molecule has 1 aromatic carbocycles. The first kappa shape index (κ1) is 18.2. The fourth-order valence-electron chi connectivity index (χ4n) is 2.14. The maximum atomic E-state index is 11.7. The van der Waals surface area contributed by atoms with E-state index < -0.39 is 6.10 Å².